The second-order valence-electron chi connectivity index (χ2n) is 2.07. The van der Waals surface area contributed by atoms with Gasteiger partial charge in [-0.05, 0) is 6.42 Å². The smallest absolute Gasteiger partial charge is 0.104 e. The number of halogens is 1. The Hall–Kier alpha value is 0.210. The molecule has 2 nitrogen and oxygen atoms in total. The standard InChI is InChI=1S/C6H11ClO2/c7-2-1-3-8-4-6-5-9-6/h6H,1-5H2. The third-order valence-electron chi connectivity index (χ3n) is 1.13. The molecule has 1 atom stereocenters. The minimum Gasteiger partial charge on any atom is -0.379 e. The fourth-order valence-corrected chi connectivity index (χ4v) is 0.645. The summed E-state index contributed by atoms with van der Waals surface area (Å²) in [7, 11) is 0. The van der Waals surface area contributed by atoms with Crippen LogP contribution in [0.5, 0.6) is 0 Å². The summed E-state index contributed by atoms with van der Waals surface area (Å²) in [6.07, 6.45) is 1.33. The predicted octanol–water partition coefficient (Wildman–Crippen LogP) is 1.03. The summed E-state index contributed by atoms with van der Waals surface area (Å²) in [5.74, 6) is 0.686. The molecule has 3 heteroatoms. The Morgan fingerprint density at radius 1 is 1.67 bits per heavy atom. The molecule has 0 aromatic rings. The molecule has 0 bridgehead atoms. The molecule has 1 rings (SSSR count). The molecule has 1 saturated heterocycles. The van der Waals surface area contributed by atoms with E-state index in [1.165, 1.54) is 0 Å². The number of epoxide rings is 1. The van der Waals surface area contributed by atoms with Crippen molar-refractivity contribution in [3.05, 3.63) is 0 Å². The normalized spacial score (nSPS) is 24.3. The van der Waals surface area contributed by atoms with Gasteiger partial charge >= 0.3 is 0 Å². The lowest BCUT2D eigenvalue weighted by Gasteiger charge is -1.97. The largest absolute Gasteiger partial charge is 0.379 e. The van der Waals surface area contributed by atoms with Crippen molar-refractivity contribution in [1.29, 1.82) is 0 Å². The van der Waals surface area contributed by atoms with Crippen LogP contribution in [0.4, 0.5) is 0 Å². The third kappa shape index (κ3) is 3.73. The highest BCUT2D eigenvalue weighted by molar-refractivity contribution is 6.17. The van der Waals surface area contributed by atoms with Gasteiger partial charge in [0.2, 0.25) is 0 Å². The van der Waals surface area contributed by atoms with Crippen molar-refractivity contribution in [3.63, 3.8) is 0 Å². The van der Waals surface area contributed by atoms with Crippen LogP contribution >= 0.6 is 11.6 Å². The molecule has 0 saturated carbocycles. The summed E-state index contributed by atoms with van der Waals surface area (Å²) < 4.78 is 10.1. The zero-order chi connectivity index (χ0) is 6.53. The van der Waals surface area contributed by atoms with E-state index in [0.717, 1.165) is 26.2 Å². The van der Waals surface area contributed by atoms with Gasteiger partial charge in [0.05, 0.1) is 13.2 Å². The van der Waals surface area contributed by atoms with Crippen molar-refractivity contribution in [2.75, 3.05) is 25.7 Å². The van der Waals surface area contributed by atoms with Gasteiger partial charge < -0.3 is 9.47 Å². The van der Waals surface area contributed by atoms with Gasteiger partial charge in [0.25, 0.3) is 0 Å². The highest BCUT2D eigenvalue weighted by atomic mass is 35.5. The van der Waals surface area contributed by atoms with Crippen LogP contribution < -0.4 is 0 Å². The first-order chi connectivity index (χ1) is 4.43. The Morgan fingerprint density at radius 2 is 2.44 bits per heavy atom. The van der Waals surface area contributed by atoms with Crippen LogP contribution in [0.25, 0.3) is 0 Å². The van der Waals surface area contributed by atoms with E-state index in [0.29, 0.717) is 12.0 Å². The molecule has 0 amide bonds. The first kappa shape index (κ1) is 7.32. The van der Waals surface area contributed by atoms with Crippen LogP contribution in [0.15, 0.2) is 0 Å². The van der Waals surface area contributed by atoms with E-state index in [2.05, 4.69) is 0 Å². The fraction of sp³-hybridized carbons (Fsp3) is 1.00. The Balaban J connectivity index is 1.71. The van der Waals surface area contributed by atoms with Crippen molar-refractivity contribution >= 4 is 11.6 Å². The summed E-state index contributed by atoms with van der Waals surface area (Å²) >= 11 is 5.42. The molecule has 0 aromatic carbocycles. The zero-order valence-electron chi connectivity index (χ0n) is 5.31. The van der Waals surface area contributed by atoms with E-state index in [1.807, 2.05) is 0 Å². The fourth-order valence-electron chi connectivity index (χ4n) is 0.536. The zero-order valence-corrected chi connectivity index (χ0v) is 6.06. The number of hydrogen-bond donors (Lipinski definition) is 0. The van der Waals surface area contributed by atoms with Crippen LogP contribution in [0.1, 0.15) is 6.42 Å². The van der Waals surface area contributed by atoms with Gasteiger partial charge in [-0.25, -0.2) is 0 Å². The maximum Gasteiger partial charge on any atom is 0.104 e. The molecule has 9 heavy (non-hydrogen) atoms. The molecule has 0 aliphatic carbocycles. The topological polar surface area (TPSA) is 21.8 Å². The number of rotatable bonds is 5. The van der Waals surface area contributed by atoms with E-state index < -0.39 is 0 Å². The lowest BCUT2D eigenvalue weighted by Crippen LogP contribution is -2.02. The van der Waals surface area contributed by atoms with Gasteiger partial charge in [-0.15, -0.1) is 11.6 Å². The van der Waals surface area contributed by atoms with E-state index in [-0.39, 0.29) is 0 Å². The number of ether oxygens (including phenoxy) is 2. The van der Waals surface area contributed by atoms with Crippen LogP contribution in [0, 0.1) is 0 Å². The van der Waals surface area contributed by atoms with Crippen LogP contribution in [-0.2, 0) is 9.47 Å². The molecule has 1 unspecified atom stereocenters. The average molecular weight is 151 g/mol. The molecule has 1 fully saturated rings. The van der Waals surface area contributed by atoms with Gasteiger partial charge in [0.1, 0.15) is 6.10 Å². The van der Waals surface area contributed by atoms with Gasteiger partial charge in [0, 0.05) is 12.5 Å². The summed E-state index contributed by atoms with van der Waals surface area (Å²) in [4.78, 5) is 0. The van der Waals surface area contributed by atoms with Crippen molar-refractivity contribution in [1.82, 2.24) is 0 Å². The summed E-state index contributed by atoms with van der Waals surface area (Å²) in [5, 5.41) is 0. The third-order valence-corrected chi connectivity index (χ3v) is 1.40. The van der Waals surface area contributed by atoms with Gasteiger partial charge in [-0.2, -0.15) is 0 Å². The van der Waals surface area contributed by atoms with Crippen molar-refractivity contribution in [2.45, 2.75) is 12.5 Å². The van der Waals surface area contributed by atoms with Crippen molar-refractivity contribution < 1.29 is 9.47 Å². The monoisotopic (exact) mass is 150 g/mol. The van der Waals surface area contributed by atoms with Crippen molar-refractivity contribution in [3.8, 4) is 0 Å². The van der Waals surface area contributed by atoms with Gasteiger partial charge in [0.15, 0.2) is 0 Å². The highest BCUT2D eigenvalue weighted by Crippen LogP contribution is 2.08. The molecule has 0 radical (unpaired) electrons. The summed E-state index contributed by atoms with van der Waals surface area (Å²) in [6, 6.07) is 0. The minimum absolute atomic E-state index is 0.389. The quantitative estimate of drug-likeness (QED) is 0.332. The summed E-state index contributed by atoms with van der Waals surface area (Å²) in [6.45, 7) is 2.39. The first-order valence-corrected chi connectivity index (χ1v) is 3.72. The summed E-state index contributed by atoms with van der Waals surface area (Å²) in [5.41, 5.74) is 0. The Bertz CT molecular complexity index is 73.5. The SMILES string of the molecule is ClCCCOCC1CO1. The van der Waals surface area contributed by atoms with Crippen LogP contribution in [0.3, 0.4) is 0 Å². The molecule has 0 spiro atoms. The number of alkyl halides is 1. The Morgan fingerprint density at radius 3 is 3.00 bits per heavy atom. The lowest BCUT2D eigenvalue weighted by molar-refractivity contribution is 0.117. The molecular weight excluding hydrogens is 140 g/mol. The molecule has 1 aliphatic rings. The van der Waals surface area contributed by atoms with E-state index in [1.54, 1.807) is 0 Å². The maximum absolute atomic E-state index is 5.42. The molecular formula is C6H11ClO2. The van der Waals surface area contributed by atoms with E-state index >= 15 is 0 Å². The van der Waals surface area contributed by atoms with Crippen LogP contribution in [-0.4, -0.2) is 31.8 Å². The maximum atomic E-state index is 5.42. The van der Waals surface area contributed by atoms with Gasteiger partial charge in [-0.1, -0.05) is 0 Å². The second-order valence-corrected chi connectivity index (χ2v) is 2.45. The molecule has 54 valence electrons. The highest BCUT2D eigenvalue weighted by Gasteiger charge is 2.21. The molecule has 0 N–H and O–H groups in total. The van der Waals surface area contributed by atoms with E-state index in [9.17, 15) is 0 Å². The minimum atomic E-state index is 0.389. The molecule has 1 aliphatic heterocycles. The molecule has 1 heterocycles. The molecule has 0 aromatic heterocycles. The second kappa shape index (κ2) is 4.09. The Labute approximate surface area is 60.1 Å². The average Bonchev–Trinajstić information content (AvgIpc) is 2.63. The lowest BCUT2D eigenvalue weighted by atomic mass is 10.5. The predicted molar refractivity (Wildman–Crippen MR) is 35.9 cm³/mol. The van der Waals surface area contributed by atoms with E-state index in [4.69, 9.17) is 21.1 Å². The van der Waals surface area contributed by atoms with Crippen molar-refractivity contribution in [2.24, 2.45) is 0 Å². The Kier molecular flexibility index (Phi) is 3.33. The van der Waals surface area contributed by atoms with Crippen LogP contribution in [0.2, 0.25) is 0 Å². The number of hydrogen-bond acceptors (Lipinski definition) is 2. The first-order valence-electron chi connectivity index (χ1n) is 3.19. The van der Waals surface area contributed by atoms with Gasteiger partial charge in [-0.3, -0.25) is 0 Å².